The molecule has 4 nitrogen and oxygen atoms in total. The average molecular weight is 237 g/mol. The third kappa shape index (κ3) is 6.22. The molecule has 0 aliphatic rings. The molecule has 0 aromatic carbocycles. The minimum Gasteiger partial charge on any atom is -0.480 e. The molecule has 4 heteroatoms. The van der Waals surface area contributed by atoms with E-state index in [0.717, 1.165) is 24.7 Å². The Morgan fingerprint density at radius 1 is 1.24 bits per heavy atom. The Morgan fingerprint density at radius 2 is 2.06 bits per heavy atom. The molecule has 0 radical (unpaired) electrons. The molecule has 0 saturated heterocycles. The lowest BCUT2D eigenvalue weighted by Gasteiger charge is -2.06. The van der Waals surface area contributed by atoms with Gasteiger partial charge in [0.25, 0.3) is 0 Å². The van der Waals surface area contributed by atoms with E-state index in [1.54, 1.807) is 7.11 Å². The Hall–Kier alpha value is -1.16. The fourth-order valence-corrected chi connectivity index (χ4v) is 1.57. The molecular formula is C13H23N3O. The molecule has 1 aromatic rings. The van der Waals surface area contributed by atoms with E-state index in [9.17, 15) is 0 Å². The van der Waals surface area contributed by atoms with Crippen molar-refractivity contribution < 1.29 is 4.74 Å². The predicted molar refractivity (Wildman–Crippen MR) is 69.0 cm³/mol. The first-order valence-corrected chi connectivity index (χ1v) is 6.29. The number of nitrogens with one attached hydrogen (secondary N) is 1. The van der Waals surface area contributed by atoms with Crippen LogP contribution in [0.2, 0.25) is 0 Å². The smallest absolute Gasteiger partial charge is 0.233 e. The lowest BCUT2D eigenvalue weighted by Crippen LogP contribution is -2.16. The topological polar surface area (TPSA) is 47.0 Å². The van der Waals surface area contributed by atoms with E-state index in [0.29, 0.717) is 5.88 Å². The van der Waals surface area contributed by atoms with Crippen molar-refractivity contribution in [1.29, 1.82) is 0 Å². The summed E-state index contributed by atoms with van der Waals surface area (Å²) in [6.45, 7) is 6.35. The van der Waals surface area contributed by atoms with Crippen LogP contribution in [-0.4, -0.2) is 23.9 Å². The van der Waals surface area contributed by atoms with Crippen LogP contribution in [0.15, 0.2) is 12.1 Å². The van der Waals surface area contributed by atoms with Crippen LogP contribution in [0.25, 0.3) is 0 Å². The maximum absolute atomic E-state index is 4.96. The summed E-state index contributed by atoms with van der Waals surface area (Å²) in [7, 11) is 1.59. The van der Waals surface area contributed by atoms with Crippen molar-refractivity contribution in [3.8, 4) is 5.88 Å². The van der Waals surface area contributed by atoms with Gasteiger partial charge in [0.05, 0.1) is 12.8 Å². The standard InChI is InChI=1S/C13H23N3O/c1-11(2)6-4-5-9-14-10-12-7-8-13(17-3)16-15-12/h7-8,11,14H,4-6,9-10H2,1-3H3. The first kappa shape index (κ1) is 13.9. The first-order chi connectivity index (χ1) is 8.22. The van der Waals surface area contributed by atoms with E-state index in [1.165, 1.54) is 19.3 Å². The van der Waals surface area contributed by atoms with Gasteiger partial charge in [-0.25, -0.2) is 0 Å². The summed E-state index contributed by atoms with van der Waals surface area (Å²) in [4.78, 5) is 0. The number of hydrogen-bond acceptors (Lipinski definition) is 4. The second kappa shape index (κ2) is 8.01. The molecule has 0 unspecified atom stereocenters. The van der Waals surface area contributed by atoms with Crippen molar-refractivity contribution in [2.24, 2.45) is 5.92 Å². The van der Waals surface area contributed by atoms with E-state index in [1.807, 2.05) is 12.1 Å². The van der Waals surface area contributed by atoms with Crippen LogP contribution >= 0.6 is 0 Å². The van der Waals surface area contributed by atoms with Gasteiger partial charge >= 0.3 is 0 Å². The van der Waals surface area contributed by atoms with Crippen LogP contribution in [-0.2, 0) is 6.54 Å². The summed E-state index contributed by atoms with van der Waals surface area (Å²) in [6.07, 6.45) is 3.82. The van der Waals surface area contributed by atoms with E-state index >= 15 is 0 Å². The predicted octanol–water partition coefficient (Wildman–Crippen LogP) is 2.40. The maximum Gasteiger partial charge on any atom is 0.233 e. The Kier molecular flexibility index (Phi) is 6.55. The van der Waals surface area contributed by atoms with Crippen LogP contribution in [0.1, 0.15) is 38.8 Å². The van der Waals surface area contributed by atoms with Crippen LogP contribution in [0.4, 0.5) is 0 Å². The number of hydrogen-bond donors (Lipinski definition) is 1. The second-order valence-electron chi connectivity index (χ2n) is 4.63. The van der Waals surface area contributed by atoms with Crippen molar-refractivity contribution in [1.82, 2.24) is 15.5 Å². The van der Waals surface area contributed by atoms with Gasteiger partial charge in [-0.3, -0.25) is 0 Å². The van der Waals surface area contributed by atoms with Crippen molar-refractivity contribution >= 4 is 0 Å². The zero-order valence-electron chi connectivity index (χ0n) is 11.1. The van der Waals surface area contributed by atoms with E-state index in [4.69, 9.17) is 4.74 Å². The molecule has 17 heavy (non-hydrogen) atoms. The Morgan fingerprint density at radius 3 is 2.65 bits per heavy atom. The highest BCUT2D eigenvalue weighted by atomic mass is 16.5. The summed E-state index contributed by atoms with van der Waals surface area (Å²) in [6, 6.07) is 3.77. The fourth-order valence-electron chi connectivity index (χ4n) is 1.57. The van der Waals surface area contributed by atoms with Crippen molar-refractivity contribution in [2.75, 3.05) is 13.7 Å². The molecule has 1 heterocycles. The molecule has 0 aliphatic carbocycles. The normalized spacial score (nSPS) is 10.8. The van der Waals surface area contributed by atoms with Gasteiger partial charge in [-0.2, -0.15) is 5.10 Å². The number of ether oxygens (including phenoxy) is 1. The fraction of sp³-hybridized carbons (Fsp3) is 0.692. The number of unbranched alkanes of at least 4 members (excludes halogenated alkanes) is 1. The van der Waals surface area contributed by atoms with Crippen LogP contribution in [0, 0.1) is 5.92 Å². The Labute approximate surface area is 104 Å². The number of nitrogens with zero attached hydrogens (tertiary/aromatic N) is 2. The zero-order chi connectivity index (χ0) is 12.5. The van der Waals surface area contributed by atoms with Crippen LogP contribution in [0.3, 0.4) is 0 Å². The van der Waals surface area contributed by atoms with E-state index in [2.05, 4.69) is 29.4 Å². The summed E-state index contributed by atoms with van der Waals surface area (Å²) in [5, 5.41) is 11.4. The van der Waals surface area contributed by atoms with E-state index < -0.39 is 0 Å². The van der Waals surface area contributed by atoms with Gasteiger partial charge in [-0.1, -0.05) is 26.7 Å². The van der Waals surface area contributed by atoms with Gasteiger partial charge < -0.3 is 10.1 Å². The third-order valence-electron chi connectivity index (χ3n) is 2.60. The monoisotopic (exact) mass is 237 g/mol. The van der Waals surface area contributed by atoms with Gasteiger partial charge in [0.2, 0.25) is 5.88 Å². The number of aromatic nitrogens is 2. The molecule has 0 spiro atoms. The molecule has 0 amide bonds. The maximum atomic E-state index is 4.96. The summed E-state index contributed by atoms with van der Waals surface area (Å²) in [5.41, 5.74) is 0.953. The minimum atomic E-state index is 0.561. The van der Waals surface area contributed by atoms with Gasteiger partial charge in [0.15, 0.2) is 0 Å². The zero-order valence-corrected chi connectivity index (χ0v) is 11.1. The molecule has 0 aliphatic heterocycles. The van der Waals surface area contributed by atoms with Gasteiger partial charge in [-0.15, -0.1) is 5.10 Å². The summed E-state index contributed by atoms with van der Waals surface area (Å²) >= 11 is 0. The van der Waals surface area contributed by atoms with Crippen molar-refractivity contribution in [3.63, 3.8) is 0 Å². The molecular weight excluding hydrogens is 214 g/mol. The van der Waals surface area contributed by atoms with Crippen molar-refractivity contribution in [2.45, 2.75) is 39.7 Å². The number of methoxy groups -OCH3 is 1. The SMILES string of the molecule is COc1ccc(CNCCCCC(C)C)nn1. The first-order valence-electron chi connectivity index (χ1n) is 6.29. The molecule has 96 valence electrons. The van der Waals surface area contributed by atoms with Crippen LogP contribution < -0.4 is 10.1 Å². The second-order valence-corrected chi connectivity index (χ2v) is 4.63. The highest BCUT2D eigenvalue weighted by molar-refractivity contribution is 5.10. The van der Waals surface area contributed by atoms with Crippen LogP contribution in [0.5, 0.6) is 5.88 Å². The Bertz CT molecular complexity index is 298. The van der Waals surface area contributed by atoms with E-state index in [-0.39, 0.29) is 0 Å². The quantitative estimate of drug-likeness (QED) is 0.705. The highest BCUT2D eigenvalue weighted by Gasteiger charge is 1.97. The molecule has 1 rings (SSSR count). The minimum absolute atomic E-state index is 0.561. The molecule has 0 fully saturated rings. The largest absolute Gasteiger partial charge is 0.480 e. The van der Waals surface area contributed by atoms with Gasteiger partial charge in [0.1, 0.15) is 0 Å². The summed E-state index contributed by atoms with van der Waals surface area (Å²) < 4.78 is 4.96. The lowest BCUT2D eigenvalue weighted by atomic mass is 10.1. The molecule has 1 aromatic heterocycles. The molecule has 1 N–H and O–H groups in total. The molecule has 0 saturated carbocycles. The highest BCUT2D eigenvalue weighted by Crippen LogP contribution is 2.06. The molecule has 0 atom stereocenters. The number of rotatable bonds is 8. The van der Waals surface area contributed by atoms with Gasteiger partial charge in [0, 0.05) is 12.6 Å². The Balaban J connectivity index is 2.09. The third-order valence-corrected chi connectivity index (χ3v) is 2.60. The average Bonchev–Trinajstić information content (AvgIpc) is 2.34. The summed E-state index contributed by atoms with van der Waals surface area (Å²) in [5.74, 6) is 1.37. The molecule has 0 bridgehead atoms. The van der Waals surface area contributed by atoms with Gasteiger partial charge in [-0.05, 0) is 24.9 Å². The van der Waals surface area contributed by atoms with Crippen molar-refractivity contribution in [3.05, 3.63) is 17.8 Å². The lowest BCUT2D eigenvalue weighted by molar-refractivity contribution is 0.390.